The zero-order chi connectivity index (χ0) is 7.56. The van der Waals surface area contributed by atoms with Gasteiger partial charge in [-0.05, 0) is 6.26 Å². The van der Waals surface area contributed by atoms with Gasteiger partial charge in [0.15, 0.2) is 11.4 Å². The maximum Gasteiger partial charge on any atom is 0.168 e. The van der Waals surface area contributed by atoms with Gasteiger partial charge in [-0.25, -0.2) is 4.98 Å². The third-order valence-electron chi connectivity index (χ3n) is 1.28. The van der Waals surface area contributed by atoms with E-state index in [1.54, 1.807) is 10.8 Å². The summed E-state index contributed by atoms with van der Waals surface area (Å²) >= 11 is 1.52. The number of carbonyl (C=O) groups is 1. The van der Waals surface area contributed by atoms with Crippen LogP contribution in [0.5, 0.6) is 0 Å². The van der Waals surface area contributed by atoms with Crippen molar-refractivity contribution in [1.29, 1.82) is 0 Å². The Morgan fingerprint density at radius 2 is 2.50 bits per heavy atom. The van der Waals surface area contributed by atoms with Crippen LogP contribution in [0.1, 0.15) is 10.5 Å². The topological polar surface area (TPSA) is 34.9 Å². The van der Waals surface area contributed by atoms with Crippen LogP contribution in [0.3, 0.4) is 0 Å². The molecule has 0 aliphatic rings. The molecule has 0 aliphatic heterocycles. The minimum absolute atomic E-state index is 0.615. The lowest BCUT2D eigenvalue weighted by molar-refractivity contribution is 0.111. The number of nitrogens with zero attached hydrogens (tertiary/aromatic N) is 2. The molecule has 0 N–H and O–H groups in total. The van der Waals surface area contributed by atoms with E-state index in [0.717, 1.165) is 11.4 Å². The molecule has 3 nitrogen and oxygen atoms in total. The van der Waals surface area contributed by atoms with Crippen molar-refractivity contribution < 1.29 is 4.79 Å². The van der Waals surface area contributed by atoms with Crippen molar-refractivity contribution in [2.75, 3.05) is 6.26 Å². The number of hydrogen-bond donors (Lipinski definition) is 0. The molecule has 1 aromatic heterocycles. The van der Waals surface area contributed by atoms with E-state index in [-0.39, 0.29) is 0 Å². The van der Waals surface area contributed by atoms with E-state index >= 15 is 0 Å². The lowest BCUT2D eigenvalue weighted by Gasteiger charge is -1.95. The van der Waals surface area contributed by atoms with E-state index in [1.165, 1.54) is 11.8 Å². The Bertz CT molecular complexity index is 244. The van der Waals surface area contributed by atoms with Gasteiger partial charge < -0.3 is 4.57 Å². The highest BCUT2D eigenvalue weighted by atomic mass is 32.2. The molecule has 54 valence electrons. The van der Waals surface area contributed by atoms with E-state index in [4.69, 9.17) is 0 Å². The summed E-state index contributed by atoms with van der Waals surface area (Å²) in [6.07, 6.45) is 4.29. The molecule has 0 unspecified atom stereocenters. The van der Waals surface area contributed by atoms with E-state index in [1.807, 2.05) is 13.3 Å². The molecular weight excluding hydrogens is 148 g/mol. The summed E-state index contributed by atoms with van der Waals surface area (Å²) < 4.78 is 1.76. The monoisotopic (exact) mass is 156 g/mol. The second-order valence-electron chi connectivity index (χ2n) is 1.85. The van der Waals surface area contributed by atoms with Crippen LogP contribution in [-0.4, -0.2) is 22.1 Å². The SMILES string of the molecule is CSc1ncc(C=O)n1C. The second kappa shape index (κ2) is 2.88. The van der Waals surface area contributed by atoms with Crippen LogP contribution in [0.4, 0.5) is 0 Å². The van der Waals surface area contributed by atoms with E-state index < -0.39 is 0 Å². The van der Waals surface area contributed by atoms with Crippen molar-refractivity contribution in [3.8, 4) is 0 Å². The van der Waals surface area contributed by atoms with Crippen LogP contribution in [0.15, 0.2) is 11.4 Å². The van der Waals surface area contributed by atoms with E-state index in [2.05, 4.69) is 4.98 Å². The number of aldehydes is 1. The maximum absolute atomic E-state index is 10.3. The predicted octanol–water partition coefficient (Wildman–Crippen LogP) is 0.954. The molecule has 0 bridgehead atoms. The molecular formula is C6H8N2OS. The van der Waals surface area contributed by atoms with Gasteiger partial charge in [0.05, 0.1) is 6.20 Å². The largest absolute Gasteiger partial charge is 0.320 e. The molecule has 1 heterocycles. The van der Waals surface area contributed by atoms with Crippen LogP contribution in [0, 0.1) is 0 Å². The summed E-state index contributed by atoms with van der Waals surface area (Å²) in [5, 5.41) is 0.863. The fourth-order valence-electron chi connectivity index (χ4n) is 0.704. The number of rotatable bonds is 2. The number of aromatic nitrogens is 2. The number of imidazole rings is 1. The summed E-state index contributed by atoms with van der Waals surface area (Å²) in [5.41, 5.74) is 0.615. The standard InChI is InChI=1S/C6H8N2OS/c1-8-5(4-9)3-7-6(8)10-2/h3-4H,1-2H3. The van der Waals surface area contributed by atoms with Gasteiger partial charge in [0.2, 0.25) is 0 Å². The molecule has 1 rings (SSSR count). The summed E-state index contributed by atoms with van der Waals surface area (Å²) in [6.45, 7) is 0. The normalized spacial score (nSPS) is 9.80. The Kier molecular flexibility index (Phi) is 2.11. The van der Waals surface area contributed by atoms with Crippen molar-refractivity contribution in [2.24, 2.45) is 7.05 Å². The fraction of sp³-hybridized carbons (Fsp3) is 0.333. The number of hydrogen-bond acceptors (Lipinski definition) is 3. The molecule has 4 heteroatoms. The zero-order valence-corrected chi connectivity index (χ0v) is 6.68. The molecule has 0 aliphatic carbocycles. The molecule has 0 saturated heterocycles. The first-order valence-corrected chi connectivity index (χ1v) is 4.03. The van der Waals surface area contributed by atoms with E-state index in [0.29, 0.717) is 5.69 Å². The predicted molar refractivity (Wildman–Crippen MR) is 40.4 cm³/mol. The average Bonchev–Trinajstić information content (AvgIpc) is 2.30. The lowest BCUT2D eigenvalue weighted by Crippen LogP contribution is -1.94. The molecule has 0 radical (unpaired) electrons. The van der Waals surface area contributed by atoms with Gasteiger partial charge in [0.25, 0.3) is 0 Å². The summed E-state index contributed by atoms with van der Waals surface area (Å²) in [7, 11) is 1.82. The van der Waals surface area contributed by atoms with Gasteiger partial charge in [-0.3, -0.25) is 4.79 Å². The Hall–Kier alpha value is -0.770. The number of thioether (sulfide) groups is 1. The zero-order valence-electron chi connectivity index (χ0n) is 5.87. The van der Waals surface area contributed by atoms with Gasteiger partial charge >= 0.3 is 0 Å². The Morgan fingerprint density at radius 1 is 1.80 bits per heavy atom. The molecule has 0 saturated carbocycles. The van der Waals surface area contributed by atoms with Crippen molar-refractivity contribution in [2.45, 2.75) is 5.16 Å². The molecule has 0 spiro atoms. The fourth-order valence-corrected chi connectivity index (χ4v) is 1.24. The molecule has 0 fully saturated rings. The van der Waals surface area contributed by atoms with Crippen molar-refractivity contribution >= 4 is 18.0 Å². The highest BCUT2D eigenvalue weighted by molar-refractivity contribution is 7.98. The number of carbonyl (C=O) groups excluding carboxylic acids is 1. The minimum atomic E-state index is 0.615. The first kappa shape index (κ1) is 7.34. The summed E-state index contributed by atoms with van der Waals surface area (Å²) in [6, 6.07) is 0. The molecule has 10 heavy (non-hydrogen) atoms. The van der Waals surface area contributed by atoms with Crippen LogP contribution in [-0.2, 0) is 7.05 Å². The second-order valence-corrected chi connectivity index (χ2v) is 2.62. The summed E-state index contributed by atoms with van der Waals surface area (Å²) in [4.78, 5) is 14.3. The third-order valence-corrected chi connectivity index (χ3v) is 2.03. The van der Waals surface area contributed by atoms with Gasteiger partial charge in [0.1, 0.15) is 5.69 Å². The highest BCUT2D eigenvalue weighted by Crippen LogP contribution is 2.11. The van der Waals surface area contributed by atoms with Gasteiger partial charge in [-0.1, -0.05) is 11.8 Å². The Labute approximate surface area is 63.4 Å². The maximum atomic E-state index is 10.3. The van der Waals surface area contributed by atoms with E-state index in [9.17, 15) is 4.79 Å². The van der Waals surface area contributed by atoms with Gasteiger partial charge in [-0.15, -0.1) is 0 Å². The lowest BCUT2D eigenvalue weighted by atomic mass is 10.5. The van der Waals surface area contributed by atoms with Crippen LogP contribution < -0.4 is 0 Å². The van der Waals surface area contributed by atoms with Crippen molar-refractivity contribution in [3.63, 3.8) is 0 Å². The van der Waals surface area contributed by atoms with Gasteiger partial charge in [-0.2, -0.15) is 0 Å². The quantitative estimate of drug-likeness (QED) is 0.472. The van der Waals surface area contributed by atoms with Crippen LogP contribution in [0.25, 0.3) is 0 Å². The average molecular weight is 156 g/mol. The Morgan fingerprint density at radius 3 is 2.80 bits per heavy atom. The molecule has 1 aromatic rings. The van der Waals surface area contributed by atoms with Crippen LogP contribution >= 0.6 is 11.8 Å². The minimum Gasteiger partial charge on any atom is -0.320 e. The molecule has 0 aromatic carbocycles. The van der Waals surface area contributed by atoms with Gasteiger partial charge in [0, 0.05) is 7.05 Å². The smallest absolute Gasteiger partial charge is 0.168 e. The first-order chi connectivity index (χ1) is 4.79. The van der Waals surface area contributed by atoms with Crippen molar-refractivity contribution in [3.05, 3.63) is 11.9 Å². The molecule has 0 amide bonds. The van der Waals surface area contributed by atoms with Crippen LogP contribution in [0.2, 0.25) is 0 Å². The summed E-state index contributed by atoms with van der Waals surface area (Å²) in [5.74, 6) is 0. The molecule has 0 atom stereocenters. The first-order valence-electron chi connectivity index (χ1n) is 2.80. The highest BCUT2D eigenvalue weighted by Gasteiger charge is 2.01. The van der Waals surface area contributed by atoms with Crippen molar-refractivity contribution in [1.82, 2.24) is 9.55 Å². The third kappa shape index (κ3) is 1.07. The Balaban J connectivity index is 3.08.